The Balaban J connectivity index is 1.50. The average Bonchev–Trinajstić information content (AvgIpc) is 3.27. The fraction of sp³-hybridized carbons (Fsp3) is 0.167. The minimum Gasteiger partial charge on any atom is -0.302 e. The van der Waals surface area contributed by atoms with Crippen molar-refractivity contribution in [1.82, 2.24) is 4.98 Å². The van der Waals surface area contributed by atoms with Crippen molar-refractivity contribution in [3.63, 3.8) is 0 Å². The Morgan fingerprint density at radius 3 is 2.68 bits per heavy atom. The van der Waals surface area contributed by atoms with Gasteiger partial charge in [0, 0.05) is 28.8 Å². The van der Waals surface area contributed by atoms with Crippen LogP contribution in [0, 0.1) is 0 Å². The van der Waals surface area contributed by atoms with E-state index in [9.17, 15) is 9.59 Å². The highest BCUT2D eigenvalue weighted by Gasteiger charge is 2.11. The van der Waals surface area contributed by atoms with Crippen molar-refractivity contribution in [2.24, 2.45) is 0 Å². The number of amides is 1. The number of Topliss-reactive ketones (excluding diaryl/α,β-unsaturated/α-hetero) is 1. The second-order valence-electron chi connectivity index (χ2n) is 5.32. The number of anilines is 1. The summed E-state index contributed by atoms with van der Waals surface area (Å²) in [6.07, 6.45) is 1.18. The minimum atomic E-state index is -0.140. The molecular formula is C18H15ClN2O2S2. The summed E-state index contributed by atoms with van der Waals surface area (Å²) in [4.78, 5) is 29.1. The van der Waals surface area contributed by atoms with Gasteiger partial charge in [-0.1, -0.05) is 35.9 Å². The van der Waals surface area contributed by atoms with Crippen molar-refractivity contribution in [2.45, 2.75) is 19.3 Å². The maximum Gasteiger partial charge on any atom is 0.226 e. The van der Waals surface area contributed by atoms with Gasteiger partial charge in [0.2, 0.25) is 5.91 Å². The molecule has 0 spiro atoms. The van der Waals surface area contributed by atoms with Gasteiger partial charge in [-0.2, -0.15) is 0 Å². The van der Waals surface area contributed by atoms with Crippen LogP contribution in [0.3, 0.4) is 0 Å². The maximum atomic E-state index is 12.0. The number of hydrogen-bond acceptors (Lipinski definition) is 5. The first-order valence-corrected chi connectivity index (χ1v) is 9.84. The van der Waals surface area contributed by atoms with E-state index in [4.69, 9.17) is 11.6 Å². The Hall–Kier alpha value is -2.02. The van der Waals surface area contributed by atoms with Crippen LogP contribution in [0.4, 0.5) is 5.13 Å². The SMILES string of the molecule is O=C(CCCC(=O)c1cccs1)Nc1nc(-c2ccccc2Cl)cs1. The van der Waals surface area contributed by atoms with Gasteiger partial charge in [-0.3, -0.25) is 9.59 Å². The molecule has 4 nitrogen and oxygen atoms in total. The number of nitrogens with zero attached hydrogens (tertiary/aromatic N) is 1. The molecule has 0 unspecified atom stereocenters. The Morgan fingerprint density at radius 1 is 1.08 bits per heavy atom. The number of benzene rings is 1. The van der Waals surface area contributed by atoms with Crippen LogP contribution in [0.25, 0.3) is 11.3 Å². The minimum absolute atomic E-state index is 0.0815. The molecule has 2 heterocycles. The molecule has 1 N–H and O–H groups in total. The molecule has 2 aromatic heterocycles. The van der Waals surface area contributed by atoms with Crippen molar-refractivity contribution in [3.05, 3.63) is 57.1 Å². The number of carbonyl (C=O) groups is 2. The van der Waals surface area contributed by atoms with Crippen molar-refractivity contribution in [1.29, 1.82) is 0 Å². The molecule has 128 valence electrons. The van der Waals surface area contributed by atoms with Crippen LogP contribution in [0.15, 0.2) is 47.2 Å². The summed E-state index contributed by atoms with van der Waals surface area (Å²) in [6, 6.07) is 11.1. The van der Waals surface area contributed by atoms with Crippen LogP contribution in [-0.4, -0.2) is 16.7 Å². The van der Waals surface area contributed by atoms with Gasteiger partial charge in [-0.05, 0) is 23.9 Å². The van der Waals surface area contributed by atoms with Gasteiger partial charge >= 0.3 is 0 Å². The molecule has 25 heavy (non-hydrogen) atoms. The number of thiophene rings is 1. The molecule has 7 heteroatoms. The van der Waals surface area contributed by atoms with Crippen LogP contribution in [0.2, 0.25) is 5.02 Å². The summed E-state index contributed by atoms with van der Waals surface area (Å²) in [5.74, 6) is -0.0582. The topological polar surface area (TPSA) is 59.1 Å². The van der Waals surface area contributed by atoms with Gasteiger partial charge in [-0.15, -0.1) is 22.7 Å². The first kappa shape index (κ1) is 17.8. The lowest BCUT2D eigenvalue weighted by Gasteiger charge is -2.02. The van der Waals surface area contributed by atoms with E-state index >= 15 is 0 Å². The third-order valence-electron chi connectivity index (χ3n) is 3.50. The number of thiazole rings is 1. The number of aromatic nitrogens is 1. The highest BCUT2D eigenvalue weighted by molar-refractivity contribution is 7.14. The summed E-state index contributed by atoms with van der Waals surface area (Å²) >= 11 is 8.94. The summed E-state index contributed by atoms with van der Waals surface area (Å²) in [5.41, 5.74) is 1.57. The van der Waals surface area contributed by atoms with Crippen LogP contribution >= 0.6 is 34.3 Å². The Bertz CT molecular complexity index is 875. The molecule has 0 bridgehead atoms. The predicted molar refractivity (Wildman–Crippen MR) is 104 cm³/mol. The molecule has 0 aliphatic rings. The normalized spacial score (nSPS) is 10.6. The number of rotatable bonds is 7. The summed E-state index contributed by atoms with van der Waals surface area (Å²) in [6.45, 7) is 0. The van der Waals surface area contributed by atoms with Crippen LogP contribution < -0.4 is 5.32 Å². The molecule has 0 radical (unpaired) electrons. The fourth-order valence-electron chi connectivity index (χ4n) is 2.28. The summed E-state index contributed by atoms with van der Waals surface area (Å²) in [5, 5.41) is 7.66. The molecule has 0 aliphatic carbocycles. The largest absolute Gasteiger partial charge is 0.302 e. The molecule has 1 aromatic carbocycles. The lowest BCUT2D eigenvalue weighted by molar-refractivity contribution is -0.116. The molecule has 0 atom stereocenters. The molecule has 0 fully saturated rings. The molecule has 0 aliphatic heterocycles. The zero-order chi connectivity index (χ0) is 17.6. The quantitative estimate of drug-likeness (QED) is 0.540. The van der Waals surface area contributed by atoms with Crippen LogP contribution in [0.5, 0.6) is 0 Å². The van der Waals surface area contributed by atoms with Gasteiger partial charge in [-0.25, -0.2) is 4.98 Å². The second-order valence-corrected chi connectivity index (χ2v) is 7.53. The summed E-state index contributed by atoms with van der Waals surface area (Å²) in [7, 11) is 0. The lowest BCUT2D eigenvalue weighted by atomic mass is 10.1. The third-order valence-corrected chi connectivity index (χ3v) is 5.50. The number of nitrogens with one attached hydrogen (secondary N) is 1. The van der Waals surface area contributed by atoms with Gasteiger partial charge in [0.05, 0.1) is 10.6 Å². The zero-order valence-corrected chi connectivity index (χ0v) is 15.6. The van der Waals surface area contributed by atoms with E-state index in [-0.39, 0.29) is 18.1 Å². The van der Waals surface area contributed by atoms with Crippen LogP contribution in [0.1, 0.15) is 28.9 Å². The first-order chi connectivity index (χ1) is 12.1. The van der Waals surface area contributed by atoms with E-state index in [1.807, 2.05) is 35.0 Å². The molecule has 3 rings (SSSR count). The number of ketones is 1. The number of halogens is 1. The molecule has 1 amide bonds. The fourth-order valence-corrected chi connectivity index (χ4v) is 3.93. The monoisotopic (exact) mass is 390 g/mol. The van der Waals surface area contributed by atoms with E-state index < -0.39 is 0 Å². The number of carbonyl (C=O) groups excluding carboxylic acids is 2. The van der Waals surface area contributed by atoms with Crippen LogP contribution in [-0.2, 0) is 4.79 Å². The zero-order valence-electron chi connectivity index (χ0n) is 13.2. The molecule has 0 saturated carbocycles. The molecule has 3 aromatic rings. The van der Waals surface area contributed by atoms with Crippen molar-refractivity contribution in [3.8, 4) is 11.3 Å². The van der Waals surface area contributed by atoms with Crippen molar-refractivity contribution in [2.75, 3.05) is 5.32 Å². The highest BCUT2D eigenvalue weighted by Crippen LogP contribution is 2.30. The lowest BCUT2D eigenvalue weighted by Crippen LogP contribution is -2.11. The van der Waals surface area contributed by atoms with Gasteiger partial charge in [0.15, 0.2) is 10.9 Å². The molecule has 0 saturated heterocycles. The number of hydrogen-bond donors (Lipinski definition) is 1. The first-order valence-electron chi connectivity index (χ1n) is 7.70. The van der Waals surface area contributed by atoms with E-state index in [0.717, 1.165) is 16.1 Å². The Morgan fingerprint density at radius 2 is 1.92 bits per heavy atom. The van der Waals surface area contributed by atoms with E-state index in [1.165, 1.54) is 22.7 Å². The van der Waals surface area contributed by atoms with E-state index in [1.54, 1.807) is 12.1 Å². The molecular weight excluding hydrogens is 376 g/mol. The Labute approximate surface area is 158 Å². The van der Waals surface area contributed by atoms with Crippen molar-refractivity contribution >= 4 is 51.1 Å². The van der Waals surface area contributed by atoms with Gasteiger partial charge in [0.25, 0.3) is 0 Å². The van der Waals surface area contributed by atoms with Gasteiger partial charge in [0.1, 0.15) is 0 Å². The standard InChI is InChI=1S/C18H15ClN2O2S2/c19-13-6-2-1-5-12(13)14-11-25-18(20-14)21-17(23)9-3-7-15(22)16-8-4-10-24-16/h1-2,4-6,8,10-11H,3,7,9H2,(H,20,21,23). The maximum absolute atomic E-state index is 12.0. The van der Waals surface area contributed by atoms with Crippen molar-refractivity contribution < 1.29 is 9.59 Å². The van der Waals surface area contributed by atoms with Gasteiger partial charge < -0.3 is 5.32 Å². The Kier molecular flexibility index (Phi) is 5.96. The van der Waals surface area contributed by atoms with E-state index in [0.29, 0.717) is 23.0 Å². The smallest absolute Gasteiger partial charge is 0.226 e. The second kappa shape index (κ2) is 8.38. The average molecular weight is 391 g/mol. The third kappa shape index (κ3) is 4.75. The highest BCUT2D eigenvalue weighted by atomic mass is 35.5. The predicted octanol–water partition coefficient (Wildman–Crippen LogP) is 5.52. The van der Waals surface area contributed by atoms with E-state index in [2.05, 4.69) is 10.3 Å². The summed E-state index contributed by atoms with van der Waals surface area (Å²) < 4.78 is 0.